The van der Waals surface area contributed by atoms with Crippen molar-refractivity contribution >= 4 is 24.0 Å². The van der Waals surface area contributed by atoms with Crippen LogP contribution in [0.4, 0.5) is 17.3 Å². The normalized spacial score (nSPS) is 10.7. The Morgan fingerprint density at radius 2 is 1.88 bits per heavy atom. The molecule has 3 N–H and O–H groups in total. The molecule has 0 spiro atoms. The van der Waals surface area contributed by atoms with Crippen LogP contribution in [0.25, 0.3) is 0 Å². The van der Waals surface area contributed by atoms with Crippen LogP contribution in [0, 0.1) is 0 Å². The Balaban J connectivity index is 2.83. The molecule has 0 unspecified atom stereocenters. The highest BCUT2D eigenvalue weighted by Gasteiger charge is 2.18. The van der Waals surface area contributed by atoms with Gasteiger partial charge in [0.2, 0.25) is 0 Å². The Bertz CT molecular complexity index is 528. The summed E-state index contributed by atoms with van der Waals surface area (Å²) in [5, 5.41) is 8.84. The van der Waals surface area contributed by atoms with Crippen molar-refractivity contribution in [3.05, 3.63) is 0 Å². The molecule has 1 aromatic heterocycles. The third-order valence-corrected chi connectivity index (χ3v) is 3.93. The molecule has 26 heavy (non-hydrogen) atoms. The second-order valence-electron chi connectivity index (χ2n) is 6.10. The molecule has 0 aromatic carbocycles. The van der Waals surface area contributed by atoms with Crippen molar-refractivity contribution in [1.82, 2.24) is 9.97 Å². The summed E-state index contributed by atoms with van der Waals surface area (Å²) in [6.07, 6.45) is 6.98. The van der Waals surface area contributed by atoms with Gasteiger partial charge in [0, 0.05) is 20.3 Å². The number of rotatable bonds is 15. The molecule has 8 heteroatoms. The second-order valence-corrected chi connectivity index (χ2v) is 6.10. The van der Waals surface area contributed by atoms with Gasteiger partial charge >= 0.3 is 6.01 Å². The molecule has 0 aliphatic carbocycles. The van der Waals surface area contributed by atoms with Crippen LogP contribution >= 0.6 is 0 Å². The summed E-state index contributed by atoms with van der Waals surface area (Å²) in [6.45, 7) is 7.60. The Hall–Kier alpha value is -1.93. The van der Waals surface area contributed by atoms with E-state index in [1.54, 1.807) is 7.11 Å². The fourth-order valence-corrected chi connectivity index (χ4v) is 2.52. The molecule has 0 radical (unpaired) electrons. The van der Waals surface area contributed by atoms with E-state index in [4.69, 9.17) is 20.3 Å². The fraction of sp³-hybridized carbons (Fsp3) is 0.722. The maximum atomic E-state index is 8.84. The lowest BCUT2D eigenvalue weighted by atomic mass is 10.1. The van der Waals surface area contributed by atoms with E-state index in [0.717, 1.165) is 51.5 Å². The van der Waals surface area contributed by atoms with Crippen LogP contribution in [0.2, 0.25) is 0 Å². The quantitative estimate of drug-likeness (QED) is 0.279. The fourth-order valence-electron chi connectivity index (χ4n) is 2.52. The minimum atomic E-state index is 0.251. The molecule has 8 nitrogen and oxygen atoms in total. The van der Waals surface area contributed by atoms with Crippen molar-refractivity contribution in [3.63, 3.8) is 0 Å². The van der Waals surface area contributed by atoms with Gasteiger partial charge in [0.05, 0.1) is 6.61 Å². The molecular weight excluding hydrogens is 334 g/mol. The number of aliphatic imine (C=N–C) groups is 1. The van der Waals surface area contributed by atoms with Crippen LogP contribution in [-0.2, 0) is 4.74 Å². The summed E-state index contributed by atoms with van der Waals surface area (Å²) in [5.74, 6) is 0.830. The van der Waals surface area contributed by atoms with Crippen molar-refractivity contribution in [2.45, 2.75) is 51.9 Å². The summed E-state index contributed by atoms with van der Waals surface area (Å²) >= 11 is 0. The Labute approximate surface area is 156 Å². The SMILES string of the molecule is C=Nc1c(N)nc(OCCCC)nc1N(CCCCCCCO)COC. The van der Waals surface area contributed by atoms with Gasteiger partial charge in [0.15, 0.2) is 11.6 Å². The molecule has 1 aromatic rings. The van der Waals surface area contributed by atoms with Crippen LogP contribution in [0.1, 0.15) is 51.9 Å². The Morgan fingerprint density at radius 1 is 1.15 bits per heavy atom. The van der Waals surface area contributed by atoms with Crippen molar-refractivity contribution in [1.29, 1.82) is 0 Å². The van der Waals surface area contributed by atoms with E-state index in [1.165, 1.54) is 0 Å². The number of nitrogen functional groups attached to an aromatic ring is 1. The number of nitrogens with zero attached hydrogens (tertiary/aromatic N) is 4. The molecule has 0 saturated carbocycles. The van der Waals surface area contributed by atoms with Gasteiger partial charge < -0.3 is 25.2 Å². The van der Waals surface area contributed by atoms with Gasteiger partial charge in [-0.3, -0.25) is 4.99 Å². The van der Waals surface area contributed by atoms with Crippen LogP contribution < -0.4 is 15.4 Å². The molecule has 0 fully saturated rings. The molecule has 0 amide bonds. The smallest absolute Gasteiger partial charge is 0.320 e. The summed E-state index contributed by atoms with van der Waals surface area (Å²) in [5.41, 5.74) is 6.47. The van der Waals surface area contributed by atoms with Crippen molar-refractivity contribution < 1.29 is 14.6 Å². The first-order valence-electron chi connectivity index (χ1n) is 9.29. The monoisotopic (exact) mass is 367 g/mol. The third kappa shape index (κ3) is 7.53. The lowest BCUT2D eigenvalue weighted by Crippen LogP contribution is -2.28. The predicted octanol–water partition coefficient (Wildman–Crippen LogP) is 2.92. The van der Waals surface area contributed by atoms with Gasteiger partial charge in [0.25, 0.3) is 0 Å². The molecule has 0 aliphatic heterocycles. The first-order valence-corrected chi connectivity index (χ1v) is 9.29. The van der Waals surface area contributed by atoms with E-state index >= 15 is 0 Å². The van der Waals surface area contributed by atoms with Crippen LogP contribution in [0.3, 0.4) is 0 Å². The Morgan fingerprint density at radius 3 is 2.54 bits per heavy atom. The summed E-state index contributed by atoms with van der Waals surface area (Å²) in [4.78, 5) is 14.6. The van der Waals surface area contributed by atoms with Crippen LogP contribution in [-0.4, -0.2) is 55.4 Å². The molecule has 0 bridgehead atoms. The molecule has 1 rings (SSSR count). The van der Waals surface area contributed by atoms with Gasteiger partial charge in [-0.05, 0) is 26.0 Å². The number of aliphatic hydroxyl groups excluding tert-OH is 1. The largest absolute Gasteiger partial charge is 0.463 e. The van der Waals surface area contributed by atoms with E-state index in [-0.39, 0.29) is 18.4 Å². The Kier molecular flexibility index (Phi) is 11.3. The third-order valence-electron chi connectivity index (χ3n) is 3.93. The van der Waals surface area contributed by atoms with Crippen molar-refractivity contribution in [2.75, 3.05) is 44.2 Å². The maximum Gasteiger partial charge on any atom is 0.320 e. The zero-order chi connectivity index (χ0) is 19.2. The highest BCUT2D eigenvalue weighted by Crippen LogP contribution is 2.33. The highest BCUT2D eigenvalue weighted by atomic mass is 16.5. The van der Waals surface area contributed by atoms with Gasteiger partial charge in [-0.25, -0.2) is 0 Å². The predicted molar refractivity (Wildman–Crippen MR) is 105 cm³/mol. The van der Waals surface area contributed by atoms with Gasteiger partial charge in [-0.2, -0.15) is 9.97 Å². The zero-order valence-electron chi connectivity index (χ0n) is 16.1. The number of ether oxygens (including phenoxy) is 2. The molecule has 0 aliphatic rings. The number of anilines is 2. The standard InChI is InChI=1S/C18H33N5O3/c1-4-5-13-26-18-21-16(19)15(20-2)17(22-18)23(14-25-3)11-9-7-6-8-10-12-24/h24H,2,4-14H2,1,3H3,(H2,19,21,22). The summed E-state index contributed by atoms with van der Waals surface area (Å²) in [7, 11) is 1.64. The minimum Gasteiger partial charge on any atom is -0.463 e. The first kappa shape index (κ1) is 22.1. The van der Waals surface area contributed by atoms with Crippen LogP contribution in [0.15, 0.2) is 4.99 Å². The lowest BCUT2D eigenvalue weighted by molar-refractivity contribution is 0.196. The summed E-state index contributed by atoms with van der Waals surface area (Å²) < 4.78 is 10.9. The van der Waals surface area contributed by atoms with E-state index in [0.29, 0.717) is 24.8 Å². The van der Waals surface area contributed by atoms with Gasteiger partial charge in [-0.15, -0.1) is 0 Å². The first-order chi connectivity index (χ1) is 12.7. The van der Waals surface area contributed by atoms with E-state index < -0.39 is 0 Å². The number of hydrogen-bond donors (Lipinski definition) is 2. The lowest BCUT2D eigenvalue weighted by Gasteiger charge is -2.24. The van der Waals surface area contributed by atoms with Gasteiger partial charge in [-0.1, -0.05) is 32.6 Å². The second kappa shape index (κ2) is 13.3. The molecule has 0 saturated heterocycles. The molecule has 0 atom stereocenters. The zero-order valence-corrected chi connectivity index (χ0v) is 16.1. The molecular formula is C18H33N5O3. The maximum absolute atomic E-state index is 8.84. The number of methoxy groups -OCH3 is 1. The average molecular weight is 367 g/mol. The van der Waals surface area contributed by atoms with Crippen molar-refractivity contribution in [2.24, 2.45) is 4.99 Å². The average Bonchev–Trinajstić information content (AvgIpc) is 2.63. The van der Waals surface area contributed by atoms with Gasteiger partial charge in [0.1, 0.15) is 12.4 Å². The van der Waals surface area contributed by atoms with Crippen LogP contribution in [0.5, 0.6) is 6.01 Å². The topological polar surface area (TPSA) is 106 Å². The highest BCUT2D eigenvalue weighted by molar-refractivity contribution is 5.75. The number of aromatic nitrogens is 2. The number of nitrogens with two attached hydrogens (primary N) is 1. The molecule has 1 heterocycles. The summed E-state index contributed by atoms with van der Waals surface area (Å²) in [6, 6.07) is 0.252. The van der Waals surface area contributed by atoms with E-state index in [2.05, 4.69) is 28.6 Å². The minimum absolute atomic E-state index is 0.251. The van der Waals surface area contributed by atoms with E-state index in [9.17, 15) is 0 Å². The van der Waals surface area contributed by atoms with E-state index in [1.807, 2.05) is 4.90 Å². The van der Waals surface area contributed by atoms with Crippen molar-refractivity contribution in [3.8, 4) is 6.01 Å². The number of aliphatic hydroxyl groups is 1. The number of unbranched alkanes of at least 4 members (excludes halogenated alkanes) is 5. The number of hydrogen-bond acceptors (Lipinski definition) is 8. The molecule has 148 valence electrons.